The van der Waals surface area contributed by atoms with Gasteiger partial charge in [0.1, 0.15) is 0 Å². The number of aromatic nitrogens is 2. The summed E-state index contributed by atoms with van der Waals surface area (Å²) in [5.74, 6) is 0. The highest BCUT2D eigenvalue weighted by molar-refractivity contribution is 7.87. The molecule has 1 aromatic heterocycles. The van der Waals surface area contributed by atoms with Crippen LogP contribution in [0.5, 0.6) is 0 Å². The number of hydrogen-bond acceptors (Lipinski definition) is 3. The zero-order chi connectivity index (χ0) is 18.6. The van der Waals surface area contributed by atoms with E-state index in [-0.39, 0.29) is 13.1 Å². The molecule has 0 aliphatic heterocycles. The molecule has 0 saturated heterocycles. The zero-order valence-corrected chi connectivity index (χ0v) is 15.6. The largest absolute Gasteiger partial charge is 0.279 e. The monoisotopic (exact) mass is 370 g/mol. The van der Waals surface area contributed by atoms with Crippen LogP contribution in [0.2, 0.25) is 0 Å². The Kier molecular flexibility index (Phi) is 5.51. The first kappa shape index (κ1) is 18.3. The fourth-order valence-electron chi connectivity index (χ4n) is 2.62. The normalized spacial score (nSPS) is 11.8. The number of rotatable bonds is 7. The molecule has 0 aliphatic carbocycles. The van der Waals surface area contributed by atoms with Crippen molar-refractivity contribution in [2.45, 2.75) is 20.0 Å². The van der Waals surface area contributed by atoms with Crippen LogP contribution in [-0.4, -0.2) is 29.6 Å². The maximum absolute atomic E-state index is 12.4. The molecule has 0 fully saturated rings. The first-order valence-corrected chi connectivity index (χ1v) is 9.74. The average Bonchev–Trinajstić information content (AvgIpc) is 3.09. The van der Waals surface area contributed by atoms with Crippen molar-refractivity contribution < 1.29 is 8.42 Å². The van der Waals surface area contributed by atoms with E-state index in [4.69, 9.17) is 0 Å². The number of hydrogen-bond donors (Lipinski definition) is 1. The van der Waals surface area contributed by atoms with E-state index in [1.54, 1.807) is 17.9 Å². The lowest BCUT2D eigenvalue weighted by Gasteiger charge is -2.17. The Morgan fingerprint density at radius 2 is 1.73 bits per heavy atom. The first-order chi connectivity index (χ1) is 12.5. The molecule has 0 unspecified atom stereocenters. The molecule has 2 aromatic carbocycles. The lowest BCUT2D eigenvalue weighted by molar-refractivity contribution is 0.454. The van der Waals surface area contributed by atoms with Crippen LogP contribution in [0.15, 0.2) is 67.0 Å². The van der Waals surface area contributed by atoms with E-state index in [9.17, 15) is 8.42 Å². The van der Waals surface area contributed by atoms with E-state index < -0.39 is 10.2 Å². The fourth-order valence-corrected chi connectivity index (χ4v) is 3.51. The van der Waals surface area contributed by atoms with Crippen LogP contribution in [0, 0.1) is 6.92 Å². The van der Waals surface area contributed by atoms with E-state index in [0.717, 1.165) is 22.4 Å². The Morgan fingerprint density at radius 3 is 2.46 bits per heavy atom. The van der Waals surface area contributed by atoms with Crippen LogP contribution in [0.1, 0.15) is 16.7 Å². The fraction of sp³-hybridized carbons (Fsp3) is 0.211. The van der Waals surface area contributed by atoms with Crippen LogP contribution in [0.4, 0.5) is 0 Å². The second kappa shape index (κ2) is 7.82. The van der Waals surface area contributed by atoms with Crippen molar-refractivity contribution >= 4 is 10.2 Å². The Balaban J connectivity index is 1.66. The van der Waals surface area contributed by atoms with Crippen molar-refractivity contribution in [1.29, 1.82) is 0 Å². The molecule has 7 heteroatoms. The molecular formula is C19H22N4O2S. The second-order valence-corrected chi connectivity index (χ2v) is 8.01. The predicted molar refractivity (Wildman–Crippen MR) is 102 cm³/mol. The highest BCUT2D eigenvalue weighted by Gasteiger charge is 2.18. The standard InChI is InChI=1S/C19H22N4O2S/c1-16-8-6-7-11-19(16)23-15-18(12-20-23)14-22(2)26(24,25)21-13-17-9-4-3-5-10-17/h3-12,15,21H,13-14H2,1-2H3. The number of para-hydroxylation sites is 1. The van der Waals surface area contributed by atoms with Crippen molar-refractivity contribution in [3.05, 3.63) is 83.7 Å². The minimum Gasteiger partial charge on any atom is -0.240 e. The van der Waals surface area contributed by atoms with Crippen molar-refractivity contribution in [2.24, 2.45) is 0 Å². The van der Waals surface area contributed by atoms with E-state index >= 15 is 0 Å². The summed E-state index contributed by atoms with van der Waals surface area (Å²) in [6.07, 6.45) is 3.54. The molecule has 3 rings (SSSR count). The highest BCUT2D eigenvalue weighted by atomic mass is 32.2. The van der Waals surface area contributed by atoms with Gasteiger partial charge in [-0.15, -0.1) is 0 Å². The van der Waals surface area contributed by atoms with Gasteiger partial charge in [0.2, 0.25) is 0 Å². The average molecular weight is 370 g/mol. The molecule has 1 N–H and O–H groups in total. The maximum atomic E-state index is 12.4. The summed E-state index contributed by atoms with van der Waals surface area (Å²) in [5, 5.41) is 4.35. The second-order valence-electron chi connectivity index (χ2n) is 6.15. The predicted octanol–water partition coefficient (Wildman–Crippen LogP) is 2.65. The van der Waals surface area contributed by atoms with Crippen molar-refractivity contribution in [2.75, 3.05) is 7.05 Å². The first-order valence-electron chi connectivity index (χ1n) is 8.30. The lowest BCUT2D eigenvalue weighted by Crippen LogP contribution is -2.37. The number of nitrogens with one attached hydrogen (secondary N) is 1. The van der Waals surface area contributed by atoms with E-state index in [1.807, 2.05) is 67.7 Å². The minimum absolute atomic E-state index is 0.246. The molecule has 1 heterocycles. The van der Waals surface area contributed by atoms with Gasteiger partial charge in [-0.05, 0) is 24.1 Å². The third-order valence-electron chi connectivity index (χ3n) is 4.12. The van der Waals surface area contributed by atoms with Gasteiger partial charge < -0.3 is 0 Å². The minimum atomic E-state index is -3.57. The summed E-state index contributed by atoms with van der Waals surface area (Å²) < 4.78 is 30.5. The third-order valence-corrected chi connectivity index (χ3v) is 5.57. The maximum Gasteiger partial charge on any atom is 0.279 e. The topological polar surface area (TPSA) is 67.2 Å². The third kappa shape index (κ3) is 4.37. The Labute approximate surface area is 154 Å². The highest BCUT2D eigenvalue weighted by Crippen LogP contribution is 2.14. The van der Waals surface area contributed by atoms with Crippen molar-refractivity contribution in [1.82, 2.24) is 18.8 Å². The van der Waals surface area contributed by atoms with E-state index in [0.29, 0.717) is 0 Å². The van der Waals surface area contributed by atoms with Crippen LogP contribution < -0.4 is 4.72 Å². The Bertz CT molecular complexity index is 968. The van der Waals surface area contributed by atoms with Crippen LogP contribution >= 0.6 is 0 Å². The van der Waals surface area contributed by atoms with Crippen molar-refractivity contribution in [3.8, 4) is 5.69 Å². The Hall–Kier alpha value is -2.48. The SMILES string of the molecule is Cc1ccccc1-n1cc(CN(C)S(=O)(=O)NCc2ccccc2)cn1. The van der Waals surface area contributed by atoms with Gasteiger partial charge in [-0.2, -0.15) is 22.5 Å². The summed E-state index contributed by atoms with van der Waals surface area (Å²) in [6.45, 7) is 2.52. The van der Waals surface area contributed by atoms with Gasteiger partial charge in [0.15, 0.2) is 0 Å². The van der Waals surface area contributed by atoms with Crippen LogP contribution in [-0.2, 0) is 23.3 Å². The molecule has 0 amide bonds. The molecule has 0 aliphatic rings. The van der Waals surface area contributed by atoms with Gasteiger partial charge in [-0.25, -0.2) is 4.68 Å². The summed E-state index contributed by atoms with van der Waals surface area (Å²) in [4.78, 5) is 0. The van der Waals surface area contributed by atoms with E-state index in [2.05, 4.69) is 9.82 Å². The van der Waals surface area contributed by atoms with Gasteiger partial charge in [0.05, 0.1) is 11.9 Å². The smallest absolute Gasteiger partial charge is 0.240 e. The summed E-state index contributed by atoms with van der Waals surface area (Å²) in [5.41, 5.74) is 3.82. The molecule has 0 spiro atoms. The van der Waals surface area contributed by atoms with Crippen LogP contribution in [0.3, 0.4) is 0 Å². The number of aryl methyl sites for hydroxylation is 1. The van der Waals surface area contributed by atoms with Crippen molar-refractivity contribution in [3.63, 3.8) is 0 Å². The molecule has 0 atom stereocenters. The number of nitrogens with zero attached hydrogens (tertiary/aromatic N) is 3. The molecule has 0 radical (unpaired) electrons. The molecule has 6 nitrogen and oxygen atoms in total. The summed E-state index contributed by atoms with van der Waals surface area (Å²) in [6, 6.07) is 17.4. The molecule has 26 heavy (non-hydrogen) atoms. The lowest BCUT2D eigenvalue weighted by atomic mass is 10.2. The van der Waals surface area contributed by atoms with Gasteiger partial charge in [0, 0.05) is 31.9 Å². The summed E-state index contributed by atoms with van der Waals surface area (Å²) in [7, 11) is -2.02. The molecule has 0 bridgehead atoms. The summed E-state index contributed by atoms with van der Waals surface area (Å²) >= 11 is 0. The van der Waals surface area contributed by atoms with Crippen LogP contribution in [0.25, 0.3) is 5.69 Å². The van der Waals surface area contributed by atoms with Gasteiger partial charge >= 0.3 is 0 Å². The quantitative estimate of drug-likeness (QED) is 0.695. The van der Waals surface area contributed by atoms with Gasteiger partial charge in [0.25, 0.3) is 10.2 Å². The Morgan fingerprint density at radius 1 is 1.04 bits per heavy atom. The van der Waals surface area contributed by atoms with Gasteiger partial charge in [-0.1, -0.05) is 48.5 Å². The molecule has 0 saturated carbocycles. The molecular weight excluding hydrogens is 348 g/mol. The molecule has 136 valence electrons. The molecule has 3 aromatic rings. The van der Waals surface area contributed by atoms with Gasteiger partial charge in [-0.3, -0.25) is 0 Å². The van der Waals surface area contributed by atoms with E-state index in [1.165, 1.54) is 4.31 Å². The number of benzene rings is 2. The zero-order valence-electron chi connectivity index (χ0n) is 14.8.